The molecular weight excluding hydrogens is 470 g/mol. The molecule has 0 saturated heterocycles. The van der Waals surface area contributed by atoms with Crippen molar-refractivity contribution < 1.29 is 4.79 Å². The first-order valence-corrected chi connectivity index (χ1v) is 14.3. The van der Waals surface area contributed by atoms with Crippen molar-refractivity contribution in [3.8, 4) is 17.5 Å². The first kappa shape index (κ1) is 24.0. The molecule has 0 saturated carbocycles. The summed E-state index contributed by atoms with van der Waals surface area (Å²) in [6, 6.07) is 4.54. The van der Waals surface area contributed by atoms with Gasteiger partial charge in [-0.3, -0.25) is 4.79 Å². The van der Waals surface area contributed by atoms with Gasteiger partial charge < -0.3 is 9.88 Å². The number of hydrogen-bond donors (Lipinski definition) is 1. The summed E-state index contributed by atoms with van der Waals surface area (Å²) in [4.78, 5) is 15.4. The fourth-order valence-corrected chi connectivity index (χ4v) is 7.14. The zero-order chi connectivity index (χ0) is 23.2. The van der Waals surface area contributed by atoms with Crippen LogP contribution in [-0.4, -0.2) is 26.4 Å². The summed E-state index contributed by atoms with van der Waals surface area (Å²) in [7, 11) is 0. The molecule has 9 heteroatoms. The summed E-state index contributed by atoms with van der Waals surface area (Å²) in [6.45, 7) is 5.12. The lowest BCUT2D eigenvalue weighted by atomic mass is 10.1. The Morgan fingerprint density at radius 3 is 2.88 bits per heavy atom. The van der Waals surface area contributed by atoms with Crippen molar-refractivity contribution in [1.29, 1.82) is 5.26 Å². The van der Waals surface area contributed by atoms with Crippen LogP contribution in [0, 0.1) is 11.3 Å². The van der Waals surface area contributed by atoms with Crippen molar-refractivity contribution in [2.45, 2.75) is 76.9 Å². The number of carbonyl (C=O) groups is 1. The Kier molecular flexibility index (Phi) is 8.23. The number of amides is 1. The maximum atomic E-state index is 12.8. The van der Waals surface area contributed by atoms with Crippen LogP contribution in [-0.2, 0) is 30.6 Å². The van der Waals surface area contributed by atoms with E-state index in [2.05, 4.69) is 51.4 Å². The molecule has 0 aromatic carbocycles. The second-order valence-corrected chi connectivity index (χ2v) is 11.3. The average molecular weight is 500 g/mol. The number of thioether (sulfide) groups is 1. The maximum absolute atomic E-state index is 12.8. The van der Waals surface area contributed by atoms with Crippen molar-refractivity contribution in [1.82, 2.24) is 14.8 Å². The van der Waals surface area contributed by atoms with Gasteiger partial charge in [-0.25, -0.2) is 0 Å². The molecule has 0 unspecified atom stereocenters. The predicted octanol–water partition coefficient (Wildman–Crippen LogP) is 6.30. The van der Waals surface area contributed by atoms with Crippen LogP contribution in [0.15, 0.2) is 16.6 Å². The van der Waals surface area contributed by atoms with Crippen LogP contribution < -0.4 is 5.32 Å². The third-order valence-electron chi connectivity index (χ3n) is 5.69. The minimum Gasteiger partial charge on any atom is -0.316 e. The molecule has 1 amide bonds. The minimum absolute atomic E-state index is 0.110. The van der Waals surface area contributed by atoms with E-state index in [1.54, 1.807) is 22.7 Å². The fourth-order valence-electron chi connectivity index (χ4n) is 4.15. The van der Waals surface area contributed by atoms with Crippen LogP contribution in [0.3, 0.4) is 0 Å². The largest absolute Gasteiger partial charge is 0.316 e. The molecular formula is C24H29N5OS3. The molecule has 174 valence electrons. The van der Waals surface area contributed by atoms with E-state index in [1.807, 2.05) is 0 Å². The van der Waals surface area contributed by atoms with Gasteiger partial charge in [0.25, 0.3) is 0 Å². The lowest BCUT2D eigenvalue weighted by Crippen LogP contribution is -2.14. The third kappa shape index (κ3) is 5.51. The Balaban J connectivity index is 1.45. The molecule has 3 aromatic rings. The first-order valence-electron chi connectivity index (χ1n) is 11.6. The molecule has 3 aromatic heterocycles. The molecule has 0 aliphatic heterocycles. The van der Waals surface area contributed by atoms with Gasteiger partial charge in [0, 0.05) is 27.2 Å². The smallest absolute Gasteiger partial charge is 0.235 e. The van der Waals surface area contributed by atoms with Gasteiger partial charge in [-0.2, -0.15) is 5.26 Å². The molecule has 0 atom stereocenters. The topological polar surface area (TPSA) is 83.6 Å². The standard InChI is InChI=1S/C24H29N5OS3/c1-3-8-17-12-16(14-31-17)22-27-28-24(29(22)11-4-2)32-15-21(30)26-23-19(13-25)18-9-6-5-7-10-20(18)33-23/h12,14H,3-11,15H2,1-2H3,(H,26,30). The number of nitrogens with one attached hydrogen (secondary N) is 1. The zero-order valence-electron chi connectivity index (χ0n) is 19.1. The Morgan fingerprint density at radius 2 is 2.09 bits per heavy atom. The number of aryl methyl sites for hydroxylation is 2. The molecule has 4 rings (SSSR count). The van der Waals surface area contributed by atoms with Crippen LogP contribution in [0.5, 0.6) is 0 Å². The summed E-state index contributed by atoms with van der Waals surface area (Å²) >= 11 is 4.74. The summed E-state index contributed by atoms with van der Waals surface area (Å²) < 4.78 is 2.11. The number of thiophene rings is 2. The number of nitrogens with zero attached hydrogens (tertiary/aromatic N) is 4. The number of carbonyl (C=O) groups excluding carboxylic acids is 1. The Morgan fingerprint density at radius 1 is 1.24 bits per heavy atom. The predicted molar refractivity (Wildman–Crippen MR) is 137 cm³/mol. The van der Waals surface area contributed by atoms with Crippen LogP contribution in [0.1, 0.15) is 66.8 Å². The van der Waals surface area contributed by atoms with Gasteiger partial charge in [0.2, 0.25) is 5.91 Å². The second-order valence-electron chi connectivity index (χ2n) is 8.23. The van der Waals surface area contributed by atoms with Crippen molar-refractivity contribution in [3.63, 3.8) is 0 Å². The molecule has 0 radical (unpaired) electrons. The maximum Gasteiger partial charge on any atom is 0.235 e. The quantitative estimate of drug-likeness (QED) is 0.276. The van der Waals surface area contributed by atoms with Crippen molar-refractivity contribution in [2.75, 3.05) is 11.1 Å². The molecule has 3 heterocycles. The number of anilines is 1. The van der Waals surface area contributed by atoms with E-state index in [4.69, 9.17) is 0 Å². The zero-order valence-corrected chi connectivity index (χ0v) is 21.6. The number of aromatic nitrogens is 3. The lowest BCUT2D eigenvalue weighted by Gasteiger charge is -2.08. The van der Waals surface area contributed by atoms with Gasteiger partial charge in [0.15, 0.2) is 11.0 Å². The van der Waals surface area contributed by atoms with E-state index in [-0.39, 0.29) is 11.7 Å². The second kappa shape index (κ2) is 11.3. The normalized spacial score (nSPS) is 13.4. The van der Waals surface area contributed by atoms with Crippen LogP contribution in [0.2, 0.25) is 0 Å². The van der Waals surface area contributed by atoms with Gasteiger partial charge in [0.05, 0.1) is 11.3 Å². The van der Waals surface area contributed by atoms with Crippen molar-refractivity contribution in [3.05, 3.63) is 32.3 Å². The molecule has 1 aliphatic carbocycles. The lowest BCUT2D eigenvalue weighted by molar-refractivity contribution is -0.113. The van der Waals surface area contributed by atoms with Gasteiger partial charge in [-0.1, -0.05) is 38.5 Å². The monoisotopic (exact) mass is 499 g/mol. The average Bonchev–Trinajstić information content (AvgIpc) is 3.46. The number of hydrogen-bond acceptors (Lipinski definition) is 7. The highest BCUT2D eigenvalue weighted by atomic mass is 32.2. The number of rotatable bonds is 9. The molecule has 33 heavy (non-hydrogen) atoms. The first-order chi connectivity index (χ1) is 16.1. The van der Waals surface area contributed by atoms with Crippen LogP contribution >= 0.6 is 34.4 Å². The van der Waals surface area contributed by atoms with E-state index in [9.17, 15) is 10.1 Å². The van der Waals surface area contributed by atoms with E-state index in [0.717, 1.165) is 73.6 Å². The number of fused-ring (bicyclic) bond motifs is 1. The summed E-state index contributed by atoms with van der Waals surface area (Å²) in [5, 5.41) is 25.1. The molecule has 1 N–H and O–H groups in total. The van der Waals surface area contributed by atoms with Crippen molar-refractivity contribution >= 4 is 45.3 Å². The molecule has 1 aliphatic rings. The molecule has 0 bridgehead atoms. The fraction of sp³-hybridized carbons (Fsp3) is 0.500. The van der Waals surface area contributed by atoms with Crippen LogP contribution in [0.4, 0.5) is 5.00 Å². The van der Waals surface area contributed by atoms with E-state index in [1.165, 1.54) is 27.9 Å². The highest BCUT2D eigenvalue weighted by Gasteiger charge is 2.22. The summed E-state index contributed by atoms with van der Waals surface area (Å²) in [5.74, 6) is 0.994. The Hall–Kier alpha value is -2.15. The van der Waals surface area contributed by atoms with E-state index < -0.39 is 0 Å². The van der Waals surface area contributed by atoms with Gasteiger partial charge in [-0.15, -0.1) is 32.9 Å². The van der Waals surface area contributed by atoms with E-state index in [0.29, 0.717) is 10.6 Å². The highest BCUT2D eigenvalue weighted by molar-refractivity contribution is 7.99. The molecule has 0 spiro atoms. The summed E-state index contributed by atoms with van der Waals surface area (Å²) in [5.41, 5.74) is 2.90. The minimum atomic E-state index is -0.110. The number of nitriles is 1. The summed E-state index contributed by atoms with van der Waals surface area (Å²) in [6.07, 6.45) is 8.57. The highest BCUT2D eigenvalue weighted by Crippen LogP contribution is 2.37. The Labute approximate surface area is 207 Å². The molecule has 6 nitrogen and oxygen atoms in total. The SMILES string of the molecule is CCCc1cc(-c2nnc(SCC(=O)Nc3sc4c(c3C#N)CCCCC4)n2CCC)cs1. The van der Waals surface area contributed by atoms with Gasteiger partial charge in [-0.05, 0) is 50.2 Å². The Bertz CT molecular complexity index is 1150. The van der Waals surface area contributed by atoms with Gasteiger partial charge in [0.1, 0.15) is 11.1 Å². The third-order valence-corrected chi connectivity index (χ3v) is 8.86. The van der Waals surface area contributed by atoms with E-state index >= 15 is 0 Å². The molecule has 0 fully saturated rings. The van der Waals surface area contributed by atoms with Crippen LogP contribution in [0.25, 0.3) is 11.4 Å². The van der Waals surface area contributed by atoms with Gasteiger partial charge >= 0.3 is 0 Å². The van der Waals surface area contributed by atoms with Crippen molar-refractivity contribution in [2.24, 2.45) is 0 Å².